The molecule has 0 saturated carbocycles. The number of benzene rings is 1. The van der Waals surface area contributed by atoms with Crippen LogP contribution in [0.15, 0.2) is 35.2 Å². The molecule has 3 rings (SSSR count). The summed E-state index contributed by atoms with van der Waals surface area (Å²) in [6.45, 7) is 3.85. The fraction of sp³-hybridized carbons (Fsp3) is 0.375. The van der Waals surface area contributed by atoms with Crippen molar-refractivity contribution < 1.29 is 8.42 Å². The SMILES string of the molecule is Cc1cc(N2CCCC2)nc(CNS(=O)(=O)c2ccccc2Cl)n1. The van der Waals surface area contributed by atoms with Crippen molar-refractivity contribution in [2.24, 2.45) is 0 Å². The van der Waals surface area contributed by atoms with Crippen molar-refractivity contribution >= 4 is 27.4 Å². The third-order valence-corrected chi connectivity index (χ3v) is 5.76. The van der Waals surface area contributed by atoms with Gasteiger partial charge in [0.1, 0.15) is 16.5 Å². The van der Waals surface area contributed by atoms with E-state index in [2.05, 4.69) is 19.6 Å². The smallest absolute Gasteiger partial charge is 0.242 e. The fourth-order valence-corrected chi connectivity index (χ4v) is 4.20. The Kier molecular flexibility index (Phi) is 5.03. The van der Waals surface area contributed by atoms with Crippen molar-refractivity contribution in [3.05, 3.63) is 46.9 Å². The lowest BCUT2D eigenvalue weighted by Crippen LogP contribution is -2.26. The zero-order chi connectivity index (χ0) is 17.2. The average Bonchev–Trinajstić information content (AvgIpc) is 3.07. The fourth-order valence-electron chi connectivity index (χ4n) is 2.70. The van der Waals surface area contributed by atoms with Crippen LogP contribution in [0.4, 0.5) is 5.82 Å². The molecule has 0 bridgehead atoms. The molecular weight excluding hydrogens is 348 g/mol. The Bertz CT molecular complexity index is 836. The topological polar surface area (TPSA) is 75.2 Å². The number of halogens is 1. The maximum absolute atomic E-state index is 12.4. The molecule has 0 spiro atoms. The minimum atomic E-state index is -3.71. The molecule has 8 heteroatoms. The van der Waals surface area contributed by atoms with E-state index in [1.165, 1.54) is 6.07 Å². The van der Waals surface area contributed by atoms with Gasteiger partial charge in [-0.25, -0.2) is 23.1 Å². The summed E-state index contributed by atoms with van der Waals surface area (Å²) in [6.07, 6.45) is 2.30. The van der Waals surface area contributed by atoms with Crippen LogP contribution in [-0.4, -0.2) is 31.5 Å². The second-order valence-corrected chi connectivity index (χ2v) is 7.88. The first kappa shape index (κ1) is 17.1. The van der Waals surface area contributed by atoms with Crippen molar-refractivity contribution in [2.45, 2.75) is 31.2 Å². The predicted molar refractivity (Wildman–Crippen MR) is 93.7 cm³/mol. The number of nitrogens with one attached hydrogen (secondary N) is 1. The van der Waals surface area contributed by atoms with E-state index < -0.39 is 10.0 Å². The summed E-state index contributed by atoms with van der Waals surface area (Å²) in [6, 6.07) is 8.27. The maximum atomic E-state index is 12.4. The summed E-state index contributed by atoms with van der Waals surface area (Å²) in [4.78, 5) is 11.1. The Hall–Kier alpha value is -1.70. The van der Waals surface area contributed by atoms with Gasteiger partial charge in [-0.1, -0.05) is 23.7 Å². The molecule has 2 aromatic rings. The molecule has 1 fully saturated rings. The van der Waals surface area contributed by atoms with Crippen molar-refractivity contribution in [2.75, 3.05) is 18.0 Å². The molecule has 1 aliphatic rings. The Balaban J connectivity index is 1.78. The van der Waals surface area contributed by atoms with E-state index in [4.69, 9.17) is 11.6 Å². The summed E-state index contributed by atoms with van der Waals surface area (Å²) in [5.41, 5.74) is 0.818. The normalized spacial score (nSPS) is 15.0. The van der Waals surface area contributed by atoms with E-state index in [0.717, 1.165) is 37.4 Å². The molecule has 24 heavy (non-hydrogen) atoms. The van der Waals surface area contributed by atoms with Crippen molar-refractivity contribution in [1.29, 1.82) is 0 Å². The van der Waals surface area contributed by atoms with Gasteiger partial charge in [0.15, 0.2) is 0 Å². The third kappa shape index (κ3) is 3.85. The van der Waals surface area contributed by atoms with Crippen LogP contribution in [0.2, 0.25) is 5.02 Å². The lowest BCUT2D eigenvalue weighted by atomic mass is 10.4. The molecule has 0 radical (unpaired) electrons. The van der Waals surface area contributed by atoms with Gasteiger partial charge >= 0.3 is 0 Å². The van der Waals surface area contributed by atoms with Gasteiger partial charge in [-0.05, 0) is 31.9 Å². The molecule has 0 unspecified atom stereocenters. The summed E-state index contributed by atoms with van der Waals surface area (Å²) in [5, 5.41) is 0.188. The summed E-state index contributed by atoms with van der Waals surface area (Å²) >= 11 is 5.97. The number of nitrogens with zero attached hydrogens (tertiary/aromatic N) is 3. The number of hydrogen-bond donors (Lipinski definition) is 1. The van der Waals surface area contributed by atoms with Crippen LogP contribution >= 0.6 is 11.6 Å². The van der Waals surface area contributed by atoms with E-state index in [1.54, 1.807) is 18.2 Å². The van der Waals surface area contributed by atoms with E-state index in [9.17, 15) is 8.42 Å². The zero-order valence-electron chi connectivity index (χ0n) is 13.4. The second kappa shape index (κ2) is 7.04. The first-order chi connectivity index (χ1) is 11.5. The van der Waals surface area contributed by atoms with Gasteiger partial charge in [0.05, 0.1) is 11.6 Å². The van der Waals surface area contributed by atoms with Crippen LogP contribution in [0.25, 0.3) is 0 Å². The Morgan fingerprint density at radius 1 is 1.21 bits per heavy atom. The largest absolute Gasteiger partial charge is 0.357 e. The van der Waals surface area contributed by atoms with Crippen molar-refractivity contribution in [3.8, 4) is 0 Å². The highest BCUT2D eigenvalue weighted by atomic mass is 35.5. The van der Waals surface area contributed by atoms with Crippen LogP contribution < -0.4 is 9.62 Å². The molecule has 6 nitrogen and oxygen atoms in total. The average molecular weight is 367 g/mol. The minimum Gasteiger partial charge on any atom is -0.357 e. The molecule has 2 heterocycles. The highest BCUT2D eigenvalue weighted by molar-refractivity contribution is 7.89. The quantitative estimate of drug-likeness (QED) is 0.880. The number of hydrogen-bond acceptors (Lipinski definition) is 5. The maximum Gasteiger partial charge on any atom is 0.242 e. The number of sulfonamides is 1. The molecular formula is C16H19ClN4O2S. The molecule has 1 aromatic carbocycles. The third-order valence-electron chi connectivity index (χ3n) is 3.86. The van der Waals surface area contributed by atoms with Crippen LogP contribution in [0.3, 0.4) is 0 Å². The van der Waals surface area contributed by atoms with Gasteiger partial charge in [-0.3, -0.25) is 0 Å². The minimum absolute atomic E-state index is 0.0239. The molecule has 1 aromatic heterocycles. The van der Waals surface area contributed by atoms with E-state index in [1.807, 2.05) is 13.0 Å². The predicted octanol–water partition coefficient (Wildman–Crippen LogP) is 2.52. The number of aryl methyl sites for hydroxylation is 1. The highest BCUT2D eigenvalue weighted by Gasteiger charge is 2.19. The molecule has 0 aliphatic carbocycles. The molecule has 1 N–H and O–H groups in total. The molecule has 128 valence electrons. The number of aromatic nitrogens is 2. The molecule has 0 atom stereocenters. The summed E-state index contributed by atoms with van der Waals surface area (Å²) < 4.78 is 27.3. The van der Waals surface area contributed by atoms with Crippen LogP contribution in [0.5, 0.6) is 0 Å². The van der Waals surface area contributed by atoms with Crippen LogP contribution in [0, 0.1) is 6.92 Å². The number of anilines is 1. The van der Waals surface area contributed by atoms with Crippen LogP contribution in [0.1, 0.15) is 24.4 Å². The highest BCUT2D eigenvalue weighted by Crippen LogP contribution is 2.21. The van der Waals surface area contributed by atoms with Gasteiger partial charge in [0.2, 0.25) is 10.0 Å². The van der Waals surface area contributed by atoms with E-state index in [0.29, 0.717) is 5.82 Å². The Labute approximate surface area is 146 Å². The van der Waals surface area contributed by atoms with E-state index >= 15 is 0 Å². The summed E-state index contributed by atoms with van der Waals surface area (Å²) in [5.74, 6) is 1.31. The molecule has 1 saturated heterocycles. The zero-order valence-corrected chi connectivity index (χ0v) is 14.9. The summed E-state index contributed by atoms with van der Waals surface area (Å²) in [7, 11) is -3.71. The lowest BCUT2D eigenvalue weighted by Gasteiger charge is -2.17. The van der Waals surface area contributed by atoms with Crippen molar-refractivity contribution in [3.63, 3.8) is 0 Å². The lowest BCUT2D eigenvalue weighted by molar-refractivity contribution is 0.579. The van der Waals surface area contributed by atoms with Gasteiger partial charge in [-0.15, -0.1) is 0 Å². The standard InChI is InChI=1S/C16H19ClN4O2S/c1-12-10-16(21-8-4-5-9-21)20-15(19-12)11-18-24(22,23)14-7-3-2-6-13(14)17/h2-3,6-7,10,18H,4-5,8-9,11H2,1H3. The van der Waals surface area contributed by atoms with Gasteiger partial charge < -0.3 is 4.90 Å². The molecule has 0 amide bonds. The van der Waals surface area contributed by atoms with Crippen molar-refractivity contribution in [1.82, 2.24) is 14.7 Å². The van der Waals surface area contributed by atoms with Gasteiger partial charge in [-0.2, -0.15) is 0 Å². The van der Waals surface area contributed by atoms with E-state index in [-0.39, 0.29) is 16.5 Å². The Morgan fingerprint density at radius 2 is 1.92 bits per heavy atom. The first-order valence-corrected chi connectivity index (χ1v) is 9.65. The van der Waals surface area contributed by atoms with Crippen LogP contribution in [-0.2, 0) is 16.6 Å². The first-order valence-electron chi connectivity index (χ1n) is 7.79. The van der Waals surface area contributed by atoms with Gasteiger partial charge in [0.25, 0.3) is 0 Å². The Morgan fingerprint density at radius 3 is 2.62 bits per heavy atom. The second-order valence-electron chi connectivity index (χ2n) is 5.73. The molecule has 1 aliphatic heterocycles. The number of rotatable bonds is 5. The monoisotopic (exact) mass is 366 g/mol. The van der Waals surface area contributed by atoms with Gasteiger partial charge in [0, 0.05) is 24.8 Å².